The molecule has 4 rings (SSSR count). The second-order valence-electron chi connectivity index (χ2n) is 8.78. The van der Waals surface area contributed by atoms with Crippen LogP contribution >= 0.6 is 0 Å². The highest BCUT2D eigenvalue weighted by molar-refractivity contribution is 6.46. The maximum atomic E-state index is 13.2. The van der Waals surface area contributed by atoms with Crippen molar-refractivity contribution in [2.75, 3.05) is 53.6 Å². The Labute approximate surface area is 205 Å². The van der Waals surface area contributed by atoms with Crippen LogP contribution in [0.5, 0.6) is 11.5 Å². The van der Waals surface area contributed by atoms with E-state index in [9.17, 15) is 14.7 Å². The molecule has 8 nitrogen and oxygen atoms in total. The summed E-state index contributed by atoms with van der Waals surface area (Å²) in [6, 6.07) is 11.8. The molecule has 2 aromatic rings. The molecule has 2 fully saturated rings. The molecule has 2 aliphatic heterocycles. The Morgan fingerprint density at radius 2 is 1.69 bits per heavy atom. The van der Waals surface area contributed by atoms with Crippen molar-refractivity contribution in [1.82, 2.24) is 9.80 Å². The molecule has 0 spiro atoms. The predicted octanol–water partition coefficient (Wildman–Crippen LogP) is 3.16. The van der Waals surface area contributed by atoms with Gasteiger partial charge in [0, 0.05) is 31.7 Å². The van der Waals surface area contributed by atoms with E-state index in [0.717, 1.165) is 25.2 Å². The maximum Gasteiger partial charge on any atom is 0.295 e. The van der Waals surface area contributed by atoms with Crippen LogP contribution in [-0.2, 0) is 14.3 Å². The molecule has 2 aromatic carbocycles. The third-order valence-corrected chi connectivity index (χ3v) is 6.57. The zero-order chi connectivity index (χ0) is 24.9. The fourth-order valence-electron chi connectivity index (χ4n) is 4.64. The number of rotatable bonds is 8. The van der Waals surface area contributed by atoms with Gasteiger partial charge in [-0.3, -0.25) is 14.5 Å². The average molecular weight is 481 g/mol. The molecule has 186 valence electrons. The molecule has 2 saturated heterocycles. The molecule has 1 amide bonds. The number of benzene rings is 2. The van der Waals surface area contributed by atoms with Gasteiger partial charge in [0.25, 0.3) is 11.7 Å². The summed E-state index contributed by atoms with van der Waals surface area (Å²) in [6.07, 6.45) is 0.696. The van der Waals surface area contributed by atoms with Crippen molar-refractivity contribution >= 4 is 17.4 Å². The van der Waals surface area contributed by atoms with Crippen molar-refractivity contribution < 1.29 is 28.9 Å². The van der Waals surface area contributed by atoms with Crippen LogP contribution in [0.15, 0.2) is 48.0 Å². The van der Waals surface area contributed by atoms with E-state index in [4.69, 9.17) is 14.2 Å². The molecule has 0 aliphatic carbocycles. The highest BCUT2D eigenvalue weighted by atomic mass is 16.5. The third kappa shape index (κ3) is 5.18. The maximum absolute atomic E-state index is 13.2. The fourth-order valence-corrected chi connectivity index (χ4v) is 4.64. The largest absolute Gasteiger partial charge is 0.507 e. The lowest BCUT2D eigenvalue weighted by Gasteiger charge is -2.29. The van der Waals surface area contributed by atoms with Gasteiger partial charge in [0.15, 0.2) is 11.5 Å². The fraction of sp³-hybridized carbons (Fsp3) is 0.407. The summed E-state index contributed by atoms with van der Waals surface area (Å²) in [5.41, 5.74) is 2.27. The Bertz CT molecular complexity index is 1110. The van der Waals surface area contributed by atoms with Crippen LogP contribution in [0.3, 0.4) is 0 Å². The normalized spacial score (nSPS) is 20.3. The number of carbonyl (C=O) groups is 2. The summed E-state index contributed by atoms with van der Waals surface area (Å²) in [6.45, 7) is 6.23. The van der Waals surface area contributed by atoms with Crippen LogP contribution in [0, 0.1) is 6.92 Å². The number of likely N-dealkylation sites (tertiary alicyclic amines) is 1. The number of ketones is 1. The Hall–Kier alpha value is -3.36. The Morgan fingerprint density at radius 1 is 1.00 bits per heavy atom. The highest BCUT2D eigenvalue weighted by Gasteiger charge is 2.46. The monoisotopic (exact) mass is 480 g/mol. The van der Waals surface area contributed by atoms with E-state index in [0.29, 0.717) is 48.8 Å². The Morgan fingerprint density at radius 3 is 2.34 bits per heavy atom. The van der Waals surface area contributed by atoms with Gasteiger partial charge in [-0.2, -0.15) is 0 Å². The van der Waals surface area contributed by atoms with Crippen molar-refractivity contribution in [1.29, 1.82) is 0 Å². The number of Topliss-reactive ketones (excluding diaryl/α,β-unsaturated/α-hetero) is 1. The van der Waals surface area contributed by atoms with Crippen LogP contribution in [0.4, 0.5) is 0 Å². The van der Waals surface area contributed by atoms with Gasteiger partial charge in [-0.1, -0.05) is 35.9 Å². The molecule has 0 saturated carbocycles. The number of aliphatic hydroxyl groups is 1. The summed E-state index contributed by atoms with van der Waals surface area (Å²) < 4.78 is 16.2. The molecule has 8 heteroatoms. The van der Waals surface area contributed by atoms with Crippen molar-refractivity contribution in [2.24, 2.45) is 0 Å². The van der Waals surface area contributed by atoms with Crippen molar-refractivity contribution in [2.45, 2.75) is 19.4 Å². The minimum Gasteiger partial charge on any atom is -0.507 e. The molecular formula is C27H32N2O6. The summed E-state index contributed by atoms with van der Waals surface area (Å²) in [5.74, 6) is -0.452. The first-order valence-electron chi connectivity index (χ1n) is 11.8. The van der Waals surface area contributed by atoms with Crippen molar-refractivity contribution in [3.8, 4) is 11.5 Å². The van der Waals surface area contributed by atoms with Crippen LogP contribution < -0.4 is 9.47 Å². The van der Waals surface area contributed by atoms with Gasteiger partial charge in [0.1, 0.15) is 5.76 Å². The minimum atomic E-state index is -0.735. The van der Waals surface area contributed by atoms with E-state index in [1.54, 1.807) is 42.3 Å². The number of hydrogen-bond acceptors (Lipinski definition) is 7. The summed E-state index contributed by atoms with van der Waals surface area (Å²) >= 11 is 0. The molecule has 1 N–H and O–H groups in total. The lowest BCUT2D eigenvalue weighted by Crippen LogP contribution is -2.38. The average Bonchev–Trinajstić information content (AvgIpc) is 3.14. The van der Waals surface area contributed by atoms with Gasteiger partial charge < -0.3 is 24.2 Å². The number of hydrogen-bond donors (Lipinski definition) is 1. The number of nitrogens with zero attached hydrogens (tertiary/aromatic N) is 2. The predicted molar refractivity (Wildman–Crippen MR) is 132 cm³/mol. The molecule has 0 unspecified atom stereocenters. The molecule has 35 heavy (non-hydrogen) atoms. The smallest absolute Gasteiger partial charge is 0.295 e. The molecule has 2 heterocycles. The Balaban J connectivity index is 1.71. The van der Waals surface area contributed by atoms with E-state index in [1.807, 2.05) is 19.1 Å². The van der Waals surface area contributed by atoms with Gasteiger partial charge in [-0.15, -0.1) is 0 Å². The van der Waals surface area contributed by atoms with Crippen molar-refractivity contribution in [3.63, 3.8) is 0 Å². The number of methoxy groups -OCH3 is 2. The van der Waals surface area contributed by atoms with Crippen LogP contribution in [0.1, 0.15) is 29.2 Å². The molecule has 0 radical (unpaired) electrons. The number of carbonyl (C=O) groups excluding carboxylic acids is 2. The van der Waals surface area contributed by atoms with Crippen LogP contribution in [0.2, 0.25) is 0 Å². The molecule has 1 atom stereocenters. The van der Waals surface area contributed by atoms with E-state index in [2.05, 4.69) is 4.90 Å². The number of amides is 1. The molecule has 2 aliphatic rings. The lowest BCUT2D eigenvalue weighted by atomic mass is 9.94. The molecular weight excluding hydrogens is 448 g/mol. The van der Waals surface area contributed by atoms with E-state index < -0.39 is 17.7 Å². The summed E-state index contributed by atoms with van der Waals surface area (Å²) in [5, 5.41) is 11.2. The number of aliphatic hydroxyl groups excluding tert-OH is 1. The van der Waals surface area contributed by atoms with Gasteiger partial charge in [0.05, 0.1) is 39.0 Å². The second kappa shape index (κ2) is 10.9. The van der Waals surface area contributed by atoms with Gasteiger partial charge in [-0.25, -0.2) is 0 Å². The standard InChI is InChI=1S/C27H32N2O6/c1-18-5-7-19(8-6-18)25(30)23-24(20-9-10-21(33-2)22(17-20)34-3)29(27(32)26(23)31)12-4-11-28-13-15-35-16-14-28/h5-10,17,24,30H,4,11-16H2,1-3H3/b25-23+/t24-/m1/s1. The summed E-state index contributed by atoms with van der Waals surface area (Å²) in [4.78, 5) is 30.3. The number of aryl methyl sites for hydroxylation is 1. The first-order valence-corrected chi connectivity index (χ1v) is 11.8. The summed E-state index contributed by atoms with van der Waals surface area (Å²) in [7, 11) is 3.08. The molecule has 0 bridgehead atoms. The first kappa shape index (κ1) is 24.8. The van der Waals surface area contributed by atoms with Crippen LogP contribution in [-0.4, -0.2) is 80.2 Å². The topological polar surface area (TPSA) is 88.5 Å². The number of morpholine rings is 1. The van der Waals surface area contributed by atoms with E-state index >= 15 is 0 Å². The van der Waals surface area contributed by atoms with Gasteiger partial charge >= 0.3 is 0 Å². The third-order valence-electron chi connectivity index (χ3n) is 6.57. The minimum absolute atomic E-state index is 0.0810. The van der Waals surface area contributed by atoms with Gasteiger partial charge in [0.2, 0.25) is 0 Å². The lowest BCUT2D eigenvalue weighted by molar-refractivity contribution is -0.140. The van der Waals surface area contributed by atoms with Crippen molar-refractivity contribution in [3.05, 3.63) is 64.7 Å². The van der Waals surface area contributed by atoms with Crippen LogP contribution in [0.25, 0.3) is 5.76 Å². The van der Waals surface area contributed by atoms with E-state index in [-0.39, 0.29) is 11.3 Å². The first-order chi connectivity index (χ1) is 16.9. The second-order valence-corrected chi connectivity index (χ2v) is 8.78. The van der Waals surface area contributed by atoms with E-state index in [1.165, 1.54) is 7.11 Å². The number of ether oxygens (including phenoxy) is 3. The zero-order valence-corrected chi connectivity index (χ0v) is 20.5. The van der Waals surface area contributed by atoms with Gasteiger partial charge in [-0.05, 0) is 31.0 Å². The SMILES string of the molecule is COc1ccc([C@@H]2/C(=C(\O)c3ccc(C)cc3)C(=O)C(=O)N2CCCN2CCOCC2)cc1OC. The highest BCUT2D eigenvalue weighted by Crippen LogP contribution is 2.42. The quantitative estimate of drug-likeness (QED) is 0.353. The zero-order valence-electron chi connectivity index (χ0n) is 20.5. The Kier molecular flexibility index (Phi) is 7.73. The molecule has 0 aromatic heterocycles.